The zero-order valence-electron chi connectivity index (χ0n) is 7.36. The van der Waals surface area contributed by atoms with Gasteiger partial charge in [-0.15, -0.1) is 0 Å². The number of hydrogen-bond acceptors (Lipinski definition) is 4. The minimum Gasteiger partial charge on any atom is -0.377 e. The van der Waals surface area contributed by atoms with Gasteiger partial charge >= 0.3 is 0 Å². The van der Waals surface area contributed by atoms with Crippen molar-refractivity contribution in [1.29, 1.82) is 0 Å². The van der Waals surface area contributed by atoms with Crippen LogP contribution in [0.1, 0.15) is 6.92 Å². The van der Waals surface area contributed by atoms with Crippen molar-refractivity contribution in [3.8, 4) is 0 Å². The van der Waals surface area contributed by atoms with E-state index in [2.05, 4.69) is 32.7 Å². The van der Waals surface area contributed by atoms with Crippen molar-refractivity contribution in [2.45, 2.75) is 13.0 Å². The monoisotopic (exact) mass is 262 g/mol. The van der Waals surface area contributed by atoms with Gasteiger partial charge < -0.3 is 9.64 Å². The number of anilines is 1. The maximum Gasteiger partial charge on any atom is 0.186 e. The van der Waals surface area contributed by atoms with Crippen LogP contribution < -0.4 is 4.90 Å². The maximum absolute atomic E-state index is 5.36. The van der Waals surface area contributed by atoms with Crippen LogP contribution in [0.25, 0.3) is 0 Å². The second-order valence-electron chi connectivity index (χ2n) is 3.06. The predicted molar refractivity (Wildman–Crippen MR) is 57.4 cm³/mol. The molecule has 1 fully saturated rings. The molecule has 5 heteroatoms. The van der Waals surface area contributed by atoms with Gasteiger partial charge in [0.05, 0.1) is 29.2 Å². The summed E-state index contributed by atoms with van der Waals surface area (Å²) >= 11 is 5.09. The minimum absolute atomic E-state index is 0.437. The zero-order valence-corrected chi connectivity index (χ0v) is 9.77. The molecule has 0 radical (unpaired) electrons. The Morgan fingerprint density at radius 3 is 3.23 bits per heavy atom. The van der Waals surface area contributed by atoms with E-state index in [9.17, 15) is 0 Å². The van der Waals surface area contributed by atoms with E-state index < -0.39 is 0 Å². The molecule has 0 bridgehead atoms. The Morgan fingerprint density at radius 2 is 2.62 bits per heavy atom. The van der Waals surface area contributed by atoms with Crippen molar-refractivity contribution in [3.05, 3.63) is 9.98 Å². The first-order valence-electron chi connectivity index (χ1n) is 4.23. The third-order valence-corrected chi connectivity index (χ3v) is 3.59. The SMILES string of the molecule is C[C@@H]1COCCN1c1ncc(Br)s1. The second kappa shape index (κ2) is 3.94. The van der Waals surface area contributed by atoms with Crippen molar-refractivity contribution >= 4 is 32.4 Å². The van der Waals surface area contributed by atoms with E-state index in [1.807, 2.05) is 6.20 Å². The highest BCUT2D eigenvalue weighted by atomic mass is 79.9. The summed E-state index contributed by atoms with van der Waals surface area (Å²) in [7, 11) is 0. The molecule has 0 unspecified atom stereocenters. The van der Waals surface area contributed by atoms with E-state index in [-0.39, 0.29) is 0 Å². The molecule has 0 spiro atoms. The summed E-state index contributed by atoms with van der Waals surface area (Å²) in [6.07, 6.45) is 1.85. The first-order valence-corrected chi connectivity index (χ1v) is 5.84. The van der Waals surface area contributed by atoms with Crippen molar-refractivity contribution in [2.24, 2.45) is 0 Å². The number of halogens is 1. The maximum atomic E-state index is 5.36. The highest BCUT2D eigenvalue weighted by molar-refractivity contribution is 9.11. The van der Waals surface area contributed by atoms with Crippen LogP contribution in [0, 0.1) is 0 Å². The Morgan fingerprint density at radius 1 is 1.77 bits per heavy atom. The summed E-state index contributed by atoms with van der Waals surface area (Å²) < 4.78 is 6.45. The molecule has 13 heavy (non-hydrogen) atoms. The van der Waals surface area contributed by atoms with E-state index in [1.54, 1.807) is 11.3 Å². The molecule has 2 heterocycles. The lowest BCUT2D eigenvalue weighted by Gasteiger charge is -2.32. The van der Waals surface area contributed by atoms with Gasteiger partial charge in [-0.2, -0.15) is 0 Å². The zero-order chi connectivity index (χ0) is 9.26. The van der Waals surface area contributed by atoms with E-state index in [0.29, 0.717) is 6.04 Å². The lowest BCUT2D eigenvalue weighted by atomic mass is 10.3. The van der Waals surface area contributed by atoms with Gasteiger partial charge in [0, 0.05) is 6.54 Å². The smallest absolute Gasteiger partial charge is 0.186 e. The second-order valence-corrected chi connectivity index (χ2v) is 5.45. The molecule has 72 valence electrons. The van der Waals surface area contributed by atoms with Crippen LogP contribution in [-0.2, 0) is 4.74 Å². The van der Waals surface area contributed by atoms with Gasteiger partial charge in [-0.3, -0.25) is 0 Å². The Balaban J connectivity index is 2.14. The summed E-state index contributed by atoms with van der Waals surface area (Å²) in [5, 5.41) is 1.09. The molecule has 1 aromatic rings. The quantitative estimate of drug-likeness (QED) is 0.776. The number of rotatable bonds is 1. The van der Waals surface area contributed by atoms with Gasteiger partial charge in [-0.05, 0) is 22.9 Å². The molecule has 0 aromatic carbocycles. The highest BCUT2D eigenvalue weighted by Crippen LogP contribution is 2.28. The van der Waals surface area contributed by atoms with Crippen LogP contribution in [0.5, 0.6) is 0 Å². The van der Waals surface area contributed by atoms with Gasteiger partial charge in [-0.1, -0.05) is 11.3 Å². The van der Waals surface area contributed by atoms with Gasteiger partial charge in [-0.25, -0.2) is 4.98 Å². The molecular weight excluding hydrogens is 252 g/mol. The fraction of sp³-hybridized carbons (Fsp3) is 0.625. The molecular formula is C8H11BrN2OS. The van der Waals surface area contributed by atoms with E-state index in [4.69, 9.17) is 4.74 Å². The topological polar surface area (TPSA) is 25.4 Å². The summed E-state index contributed by atoms with van der Waals surface area (Å²) in [6, 6.07) is 0.437. The molecule has 0 amide bonds. The fourth-order valence-electron chi connectivity index (χ4n) is 1.39. The molecule has 1 atom stereocenters. The van der Waals surface area contributed by atoms with E-state index in [0.717, 1.165) is 28.7 Å². The van der Waals surface area contributed by atoms with Gasteiger partial charge in [0.1, 0.15) is 0 Å². The van der Waals surface area contributed by atoms with Gasteiger partial charge in [0.15, 0.2) is 5.13 Å². The average Bonchev–Trinajstić information content (AvgIpc) is 2.53. The Labute approximate surface area is 89.9 Å². The normalized spacial score (nSPS) is 23.5. The molecule has 3 nitrogen and oxygen atoms in total. The van der Waals surface area contributed by atoms with E-state index in [1.165, 1.54) is 0 Å². The number of nitrogens with zero attached hydrogens (tertiary/aromatic N) is 2. The Bertz CT molecular complexity index is 291. The number of hydrogen-bond donors (Lipinski definition) is 0. The van der Waals surface area contributed by atoms with Crippen molar-refractivity contribution in [1.82, 2.24) is 4.98 Å². The fourth-order valence-corrected chi connectivity index (χ4v) is 2.70. The predicted octanol–water partition coefficient (Wildman–Crippen LogP) is 2.13. The molecule has 0 N–H and O–H groups in total. The molecule has 0 aliphatic carbocycles. The third kappa shape index (κ3) is 2.03. The molecule has 2 rings (SSSR count). The summed E-state index contributed by atoms with van der Waals surface area (Å²) in [6.45, 7) is 4.72. The van der Waals surface area contributed by atoms with Crippen LogP contribution in [0.2, 0.25) is 0 Å². The highest BCUT2D eigenvalue weighted by Gasteiger charge is 2.21. The first-order chi connectivity index (χ1) is 6.27. The largest absolute Gasteiger partial charge is 0.377 e. The Hall–Kier alpha value is -0.130. The van der Waals surface area contributed by atoms with Gasteiger partial charge in [0.25, 0.3) is 0 Å². The molecule has 0 saturated carbocycles. The lowest BCUT2D eigenvalue weighted by Crippen LogP contribution is -2.43. The van der Waals surface area contributed by atoms with Crippen molar-refractivity contribution in [3.63, 3.8) is 0 Å². The number of thiazole rings is 1. The minimum atomic E-state index is 0.437. The molecule has 1 aromatic heterocycles. The summed E-state index contributed by atoms with van der Waals surface area (Å²) in [5.41, 5.74) is 0. The van der Waals surface area contributed by atoms with Crippen LogP contribution in [0.3, 0.4) is 0 Å². The van der Waals surface area contributed by atoms with Crippen LogP contribution in [0.4, 0.5) is 5.13 Å². The van der Waals surface area contributed by atoms with Crippen molar-refractivity contribution < 1.29 is 4.74 Å². The van der Waals surface area contributed by atoms with Crippen LogP contribution in [-0.4, -0.2) is 30.8 Å². The average molecular weight is 263 g/mol. The standard InChI is InChI=1S/C8H11BrN2OS/c1-6-5-12-3-2-11(6)8-10-4-7(9)13-8/h4,6H,2-3,5H2,1H3/t6-/m1/s1. The Kier molecular flexibility index (Phi) is 2.86. The van der Waals surface area contributed by atoms with Crippen LogP contribution in [0.15, 0.2) is 9.98 Å². The summed E-state index contributed by atoms with van der Waals surface area (Å²) in [4.78, 5) is 6.62. The van der Waals surface area contributed by atoms with Crippen LogP contribution >= 0.6 is 27.3 Å². The number of aromatic nitrogens is 1. The van der Waals surface area contributed by atoms with E-state index >= 15 is 0 Å². The molecule has 1 aliphatic rings. The number of morpholine rings is 1. The van der Waals surface area contributed by atoms with Crippen molar-refractivity contribution in [2.75, 3.05) is 24.7 Å². The third-order valence-electron chi connectivity index (χ3n) is 2.08. The lowest BCUT2D eigenvalue weighted by molar-refractivity contribution is 0.0989. The molecule has 1 aliphatic heterocycles. The van der Waals surface area contributed by atoms with Gasteiger partial charge in [0.2, 0.25) is 0 Å². The first kappa shape index (κ1) is 9.43. The molecule has 1 saturated heterocycles. The number of ether oxygens (including phenoxy) is 1. The summed E-state index contributed by atoms with van der Waals surface area (Å²) in [5.74, 6) is 0.